The first-order chi connectivity index (χ1) is 10.1. The summed E-state index contributed by atoms with van der Waals surface area (Å²) in [5, 5.41) is 3.49. The molecular formula is C18H29FN2. The van der Waals surface area contributed by atoms with E-state index in [-0.39, 0.29) is 5.82 Å². The maximum Gasteiger partial charge on any atom is 0.125 e. The van der Waals surface area contributed by atoms with E-state index in [2.05, 4.69) is 31.0 Å². The average Bonchev–Trinajstić information content (AvgIpc) is 2.44. The molecule has 2 atom stereocenters. The van der Waals surface area contributed by atoms with Crippen LogP contribution in [0.15, 0.2) is 18.2 Å². The predicted octanol–water partition coefficient (Wildman–Crippen LogP) is 4.45. The third kappa shape index (κ3) is 4.44. The molecule has 1 aliphatic heterocycles. The quantitative estimate of drug-likeness (QED) is 0.862. The molecule has 21 heavy (non-hydrogen) atoms. The first kappa shape index (κ1) is 16.3. The fraction of sp³-hybridized carbons (Fsp3) is 0.667. The molecule has 1 aliphatic rings. The van der Waals surface area contributed by atoms with Crippen LogP contribution in [0, 0.1) is 5.82 Å². The number of hydrogen-bond donors (Lipinski definition) is 1. The average molecular weight is 292 g/mol. The zero-order valence-electron chi connectivity index (χ0n) is 13.7. The molecule has 0 spiro atoms. The number of hydrogen-bond acceptors (Lipinski definition) is 2. The second kappa shape index (κ2) is 7.79. The number of fused-ring (bicyclic) bond motifs is 1. The molecule has 0 bridgehead atoms. The van der Waals surface area contributed by atoms with Gasteiger partial charge in [0.25, 0.3) is 0 Å². The molecule has 2 nitrogen and oxygen atoms in total. The number of benzene rings is 1. The lowest BCUT2D eigenvalue weighted by Gasteiger charge is -2.36. The fourth-order valence-electron chi connectivity index (χ4n) is 3.34. The number of rotatable bonds is 5. The van der Waals surface area contributed by atoms with Crippen LogP contribution in [-0.2, 0) is 6.42 Å². The number of nitrogens with one attached hydrogen (secondary N) is 1. The Labute approximate surface area is 128 Å². The molecule has 1 aromatic carbocycles. The van der Waals surface area contributed by atoms with Crippen LogP contribution in [0.2, 0.25) is 0 Å². The van der Waals surface area contributed by atoms with Gasteiger partial charge in [-0.1, -0.05) is 32.8 Å². The Morgan fingerprint density at radius 1 is 1.38 bits per heavy atom. The van der Waals surface area contributed by atoms with Crippen molar-refractivity contribution in [2.24, 2.45) is 0 Å². The normalized spacial score (nSPS) is 21.0. The number of halogens is 1. The second-order valence-electron chi connectivity index (χ2n) is 6.30. The van der Waals surface area contributed by atoms with E-state index in [1.165, 1.54) is 31.2 Å². The number of unbranched alkanes of at least 4 members (excludes halogenated alkanes) is 1. The van der Waals surface area contributed by atoms with Gasteiger partial charge < -0.3 is 5.32 Å². The van der Waals surface area contributed by atoms with Gasteiger partial charge >= 0.3 is 0 Å². The third-order valence-corrected chi connectivity index (χ3v) is 4.53. The van der Waals surface area contributed by atoms with Gasteiger partial charge in [-0.2, -0.15) is 0 Å². The van der Waals surface area contributed by atoms with Crippen molar-refractivity contribution in [1.82, 2.24) is 4.90 Å². The van der Waals surface area contributed by atoms with Gasteiger partial charge in [0.1, 0.15) is 5.82 Å². The van der Waals surface area contributed by atoms with Gasteiger partial charge in [0.15, 0.2) is 0 Å². The summed E-state index contributed by atoms with van der Waals surface area (Å²) in [6, 6.07) is 6.17. The van der Waals surface area contributed by atoms with Gasteiger partial charge in [0.05, 0.1) is 0 Å². The SMILES string of the molecule is CCCCC(CC)N1CCc2ccc(F)cc2NC(C)C1. The van der Waals surface area contributed by atoms with E-state index in [1.54, 1.807) is 12.1 Å². The van der Waals surface area contributed by atoms with Crippen LogP contribution in [0.4, 0.5) is 10.1 Å². The van der Waals surface area contributed by atoms with E-state index in [0.717, 1.165) is 25.2 Å². The van der Waals surface area contributed by atoms with Gasteiger partial charge in [0.2, 0.25) is 0 Å². The summed E-state index contributed by atoms with van der Waals surface area (Å²) in [6.07, 6.45) is 6.07. The Morgan fingerprint density at radius 2 is 2.19 bits per heavy atom. The van der Waals surface area contributed by atoms with Crippen molar-refractivity contribution in [3.63, 3.8) is 0 Å². The van der Waals surface area contributed by atoms with Gasteiger partial charge in [-0.3, -0.25) is 4.90 Å². The standard InChI is InChI=1S/C18H29FN2/c1-4-6-7-17(5-2)21-11-10-15-8-9-16(19)12-18(15)20-14(3)13-21/h8-9,12,14,17,20H,4-7,10-11,13H2,1-3H3. The van der Waals surface area contributed by atoms with Crippen LogP contribution in [0.25, 0.3) is 0 Å². The molecule has 1 aromatic rings. The Morgan fingerprint density at radius 3 is 2.90 bits per heavy atom. The van der Waals surface area contributed by atoms with Crippen molar-refractivity contribution >= 4 is 5.69 Å². The van der Waals surface area contributed by atoms with E-state index in [4.69, 9.17) is 0 Å². The summed E-state index contributed by atoms with van der Waals surface area (Å²) >= 11 is 0. The Hall–Kier alpha value is -1.09. The molecule has 0 saturated heterocycles. The van der Waals surface area contributed by atoms with Crippen LogP contribution < -0.4 is 5.32 Å². The van der Waals surface area contributed by atoms with Gasteiger partial charge in [-0.25, -0.2) is 4.39 Å². The van der Waals surface area contributed by atoms with Crippen LogP contribution in [-0.4, -0.2) is 30.1 Å². The smallest absolute Gasteiger partial charge is 0.125 e. The van der Waals surface area contributed by atoms with Gasteiger partial charge in [-0.15, -0.1) is 0 Å². The zero-order valence-corrected chi connectivity index (χ0v) is 13.7. The molecule has 0 radical (unpaired) electrons. The third-order valence-electron chi connectivity index (χ3n) is 4.53. The second-order valence-corrected chi connectivity index (χ2v) is 6.30. The van der Waals surface area contributed by atoms with E-state index < -0.39 is 0 Å². The van der Waals surface area contributed by atoms with E-state index in [9.17, 15) is 4.39 Å². The maximum atomic E-state index is 13.4. The lowest BCUT2D eigenvalue weighted by molar-refractivity contribution is 0.174. The van der Waals surface area contributed by atoms with Crippen molar-refractivity contribution in [3.05, 3.63) is 29.6 Å². The molecule has 0 amide bonds. The summed E-state index contributed by atoms with van der Waals surface area (Å²) in [4.78, 5) is 2.62. The predicted molar refractivity (Wildman–Crippen MR) is 88.4 cm³/mol. The minimum Gasteiger partial charge on any atom is -0.381 e. The monoisotopic (exact) mass is 292 g/mol. The molecule has 1 heterocycles. The Balaban J connectivity index is 2.10. The molecule has 3 heteroatoms. The molecule has 118 valence electrons. The highest BCUT2D eigenvalue weighted by Gasteiger charge is 2.22. The minimum atomic E-state index is -0.153. The molecule has 0 aliphatic carbocycles. The maximum absolute atomic E-state index is 13.4. The van der Waals surface area contributed by atoms with Crippen molar-refractivity contribution in [2.45, 2.75) is 65.0 Å². The first-order valence-corrected chi connectivity index (χ1v) is 8.43. The Bertz CT molecular complexity index is 447. The highest BCUT2D eigenvalue weighted by Crippen LogP contribution is 2.23. The highest BCUT2D eigenvalue weighted by molar-refractivity contribution is 5.52. The summed E-state index contributed by atoms with van der Waals surface area (Å²) in [5.74, 6) is -0.153. The molecule has 1 N–H and O–H groups in total. The number of anilines is 1. The first-order valence-electron chi connectivity index (χ1n) is 8.43. The van der Waals surface area contributed by atoms with Gasteiger partial charge in [-0.05, 0) is 43.9 Å². The van der Waals surface area contributed by atoms with Crippen molar-refractivity contribution < 1.29 is 4.39 Å². The van der Waals surface area contributed by atoms with E-state index >= 15 is 0 Å². The minimum absolute atomic E-state index is 0.153. The van der Waals surface area contributed by atoms with E-state index in [1.807, 2.05) is 6.07 Å². The largest absolute Gasteiger partial charge is 0.381 e. The van der Waals surface area contributed by atoms with Crippen molar-refractivity contribution in [1.29, 1.82) is 0 Å². The van der Waals surface area contributed by atoms with Crippen molar-refractivity contribution in [2.75, 3.05) is 18.4 Å². The van der Waals surface area contributed by atoms with Crippen LogP contribution in [0.5, 0.6) is 0 Å². The summed E-state index contributed by atoms with van der Waals surface area (Å²) in [5.41, 5.74) is 2.21. The lowest BCUT2D eigenvalue weighted by Crippen LogP contribution is -2.44. The summed E-state index contributed by atoms with van der Waals surface area (Å²) in [7, 11) is 0. The van der Waals surface area contributed by atoms with Crippen molar-refractivity contribution in [3.8, 4) is 0 Å². The highest BCUT2D eigenvalue weighted by atomic mass is 19.1. The molecular weight excluding hydrogens is 263 g/mol. The lowest BCUT2D eigenvalue weighted by atomic mass is 10.0. The summed E-state index contributed by atoms with van der Waals surface area (Å²) < 4.78 is 13.4. The molecule has 2 rings (SSSR count). The topological polar surface area (TPSA) is 15.3 Å². The molecule has 0 aromatic heterocycles. The zero-order chi connectivity index (χ0) is 15.2. The van der Waals surface area contributed by atoms with Crippen LogP contribution >= 0.6 is 0 Å². The number of nitrogens with zero attached hydrogens (tertiary/aromatic N) is 1. The van der Waals surface area contributed by atoms with Crippen LogP contribution in [0.1, 0.15) is 52.0 Å². The Kier molecular flexibility index (Phi) is 6.04. The fourth-order valence-corrected chi connectivity index (χ4v) is 3.34. The van der Waals surface area contributed by atoms with Gasteiger partial charge in [0, 0.05) is 30.9 Å². The summed E-state index contributed by atoms with van der Waals surface area (Å²) in [6.45, 7) is 8.86. The molecule has 2 unspecified atom stereocenters. The van der Waals surface area contributed by atoms with Crippen LogP contribution in [0.3, 0.4) is 0 Å². The van der Waals surface area contributed by atoms with E-state index in [0.29, 0.717) is 12.1 Å². The molecule has 0 fully saturated rings. The molecule has 0 saturated carbocycles.